The minimum Gasteiger partial charge on any atom is -0.329 e. The zero-order valence-electron chi connectivity index (χ0n) is 11.6. The number of nitrogens with two attached hydrogens (primary N) is 1. The first-order valence-electron chi connectivity index (χ1n) is 6.43. The molecule has 1 saturated carbocycles. The van der Waals surface area contributed by atoms with Crippen molar-refractivity contribution in [2.24, 2.45) is 17.1 Å². The maximum absolute atomic E-state index is 12.0. The number of sulfonamides is 1. The highest BCUT2D eigenvalue weighted by Gasteiger charge is 2.29. The monoisotopic (exact) mass is 298 g/mol. The van der Waals surface area contributed by atoms with Crippen molar-refractivity contribution in [3.05, 3.63) is 0 Å². The minimum absolute atomic E-state index is 0. The van der Waals surface area contributed by atoms with Crippen molar-refractivity contribution in [3.8, 4) is 0 Å². The minimum atomic E-state index is -3.22. The van der Waals surface area contributed by atoms with E-state index in [4.69, 9.17) is 5.73 Å². The molecule has 0 radical (unpaired) electrons. The van der Waals surface area contributed by atoms with Gasteiger partial charge in [0.05, 0.1) is 5.75 Å². The number of hydrogen-bond donors (Lipinski definition) is 2. The number of halogens is 1. The van der Waals surface area contributed by atoms with E-state index in [1.165, 1.54) is 12.8 Å². The Morgan fingerprint density at radius 2 is 1.78 bits per heavy atom. The van der Waals surface area contributed by atoms with Crippen molar-refractivity contribution < 1.29 is 8.42 Å². The Bertz CT molecular complexity index is 332. The Morgan fingerprint density at radius 1 is 1.28 bits per heavy atom. The highest BCUT2D eigenvalue weighted by atomic mass is 35.5. The molecule has 110 valence electrons. The van der Waals surface area contributed by atoms with Crippen molar-refractivity contribution in [1.29, 1.82) is 0 Å². The van der Waals surface area contributed by atoms with Gasteiger partial charge in [-0.3, -0.25) is 0 Å². The lowest BCUT2D eigenvalue weighted by Gasteiger charge is -2.25. The predicted molar refractivity (Wildman–Crippen MR) is 78.4 cm³/mol. The van der Waals surface area contributed by atoms with Gasteiger partial charge in [-0.15, -0.1) is 12.4 Å². The molecule has 4 nitrogen and oxygen atoms in total. The lowest BCUT2D eigenvalue weighted by molar-refractivity contribution is 0.398. The van der Waals surface area contributed by atoms with Gasteiger partial charge in [-0.1, -0.05) is 33.6 Å². The van der Waals surface area contributed by atoms with Crippen LogP contribution in [0.5, 0.6) is 0 Å². The summed E-state index contributed by atoms with van der Waals surface area (Å²) in [5.74, 6) is 0.582. The van der Waals surface area contributed by atoms with Crippen molar-refractivity contribution >= 4 is 22.4 Å². The summed E-state index contributed by atoms with van der Waals surface area (Å²) < 4.78 is 26.8. The molecule has 1 atom stereocenters. The van der Waals surface area contributed by atoms with Crippen molar-refractivity contribution in [2.75, 3.05) is 12.3 Å². The second-order valence-electron chi connectivity index (χ2n) is 6.32. The molecule has 1 aliphatic rings. The summed E-state index contributed by atoms with van der Waals surface area (Å²) in [6.07, 6.45) is 4.59. The Labute approximate surface area is 118 Å². The first-order chi connectivity index (χ1) is 7.73. The summed E-state index contributed by atoms with van der Waals surface area (Å²) in [6, 6.07) is -0.0788. The van der Waals surface area contributed by atoms with E-state index in [0.717, 1.165) is 12.8 Å². The topological polar surface area (TPSA) is 72.2 Å². The van der Waals surface area contributed by atoms with Gasteiger partial charge >= 0.3 is 0 Å². The van der Waals surface area contributed by atoms with Crippen LogP contribution in [0, 0.1) is 11.3 Å². The molecule has 0 amide bonds. The summed E-state index contributed by atoms with van der Waals surface area (Å²) in [7, 11) is -3.22. The Kier molecular flexibility index (Phi) is 7.14. The number of rotatable bonds is 5. The van der Waals surface area contributed by atoms with E-state index in [1.54, 1.807) is 0 Å². The van der Waals surface area contributed by atoms with Gasteiger partial charge in [0.25, 0.3) is 0 Å². The predicted octanol–water partition coefficient (Wildman–Crippen LogP) is 1.89. The molecule has 1 unspecified atom stereocenters. The van der Waals surface area contributed by atoms with Crippen LogP contribution >= 0.6 is 12.4 Å². The summed E-state index contributed by atoms with van der Waals surface area (Å²) in [6.45, 7) is 6.19. The molecule has 0 spiro atoms. The molecule has 0 saturated heterocycles. The summed E-state index contributed by atoms with van der Waals surface area (Å²) in [5.41, 5.74) is 5.48. The van der Waals surface area contributed by atoms with Gasteiger partial charge in [-0.25, -0.2) is 13.1 Å². The molecule has 0 aromatic heterocycles. The summed E-state index contributed by atoms with van der Waals surface area (Å²) in [4.78, 5) is 0. The highest BCUT2D eigenvalue weighted by molar-refractivity contribution is 7.89. The zero-order chi connectivity index (χ0) is 13.1. The Balaban J connectivity index is 0.00000289. The fraction of sp³-hybridized carbons (Fsp3) is 1.00. The third kappa shape index (κ3) is 6.36. The molecule has 1 fully saturated rings. The average molecular weight is 299 g/mol. The molecule has 0 heterocycles. The van der Waals surface area contributed by atoms with E-state index >= 15 is 0 Å². The molecular weight excluding hydrogens is 272 g/mol. The average Bonchev–Trinajstić information content (AvgIpc) is 2.62. The van der Waals surface area contributed by atoms with Gasteiger partial charge in [0.1, 0.15) is 0 Å². The van der Waals surface area contributed by atoms with Crippen LogP contribution in [0.4, 0.5) is 0 Å². The van der Waals surface area contributed by atoms with E-state index in [1.807, 2.05) is 20.8 Å². The van der Waals surface area contributed by atoms with Crippen LogP contribution in [0.15, 0.2) is 0 Å². The third-order valence-electron chi connectivity index (χ3n) is 3.18. The van der Waals surface area contributed by atoms with Crippen molar-refractivity contribution in [1.82, 2.24) is 4.72 Å². The molecular formula is C12H27ClN2O2S. The Hall–Kier alpha value is 0.160. The molecule has 1 aliphatic carbocycles. The van der Waals surface area contributed by atoms with E-state index < -0.39 is 10.0 Å². The SMILES string of the molecule is CC(C)(C)CS(=O)(=O)NC(CN)C1CCCC1.Cl. The maximum Gasteiger partial charge on any atom is 0.212 e. The largest absolute Gasteiger partial charge is 0.329 e. The van der Waals surface area contributed by atoms with E-state index in [2.05, 4.69) is 4.72 Å². The molecule has 6 heteroatoms. The third-order valence-corrected chi connectivity index (χ3v) is 5.08. The Morgan fingerprint density at radius 3 is 2.17 bits per heavy atom. The van der Waals surface area contributed by atoms with Gasteiger partial charge in [-0.2, -0.15) is 0 Å². The standard InChI is InChI=1S/C12H26N2O2S.ClH/c1-12(2,3)9-17(15,16)14-11(8-13)10-6-4-5-7-10;/h10-11,14H,4-9,13H2,1-3H3;1H. The van der Waals surface area contributed by atoms with E-state index in [-0.39, 0.29) is 29.6 Å². The van der Waals surface area contributed by atoms with Crippen LogP contribution in [0.3, 0.4) is 0 Å². The maximum atomic E-state index is 12.0. The van der Waals surface area contributed by atoms with Crippen LogP contribution in [0.1, 0.15) is 46.5 Å². The van der Waals surface area contributed by atoms with Crippen molar-refractivity contribution in [2.45, 2.75) is 52.5 Å². The molecule has 18 heavy (non-hydrogen) atoms. The number of nitrogens with one attached hydrogen (secondary N) is 1. The van der Waals surface area contributed by atoms with Crippen LogP contribution in [-0.4, -0.2) is 26.8 Å². The number of hydrogen-bond acceptors (Lipinski definition) is 3. The normalized spacial score (nSPS) is 19.6. The van der Waals surface area contributed by atoms with Crippen molar-refractivity contribution in [3.63, 3.8) is 0 Å². The molecule has 3 N–H and O–H groups in total. The van der Waals surface area contributed by atoms with Crippen LogP contribution < -0.4 is 10.5 Å². The van der Waals surface area contributed by atoms with Gasteiger partial charge in [0.2, 0.25) is 10.0 Å². The van der Waals surface area contributed by atoms with Gasteiger partial charge in [0, 0.05) is 12.6 Å². The van der Waals surface area contributed by atoms with Gasteiger partial charge < -0.3 is 5.73 Å². The molecule has 0 aromatic rings. The lowest BCUT2D eigenvalue weighted by Crippen LogP contribution is -2.46. The van der Waals surface area contributed by atoms with E-state index in [0.29, 0.717) is 12.5 Å². The smallest absolute Gasteiger partial charge is 0.212 e. The molecule has 0 aromatic carbocycles. The van der Waals surface area contributed by atoms with Crippen LogP contribution in [-0.2, 0) is 10.0 Å². The molecule has 1 rings (SSSR count). The van der Waals surface area contributed by atoms with Crippen LogP contribution in [0.2, 0.25) is 0 Å². The fourth-order valence-corrected chi connectivity index (χ4v) is 4.51. The molecule has 0 bridgehead atoms. The first kappa shape index (κ1) is 18.2. The second kappa shape index (κ2) is 7.08. The lowest BCUT2D eigenvalue weighted by atomic mass is 9.99. The first-order valence-corrected chi connectivity index (χ1v) is 8.09. The fourth-order valence-electron chi connectivity index (χ4n) is 2.54. The second-order valence-corrected chi connectivity index (χ2v) is 8.08. The quantitative estimate of drug-likeness (QED) is 0.814. The van der Waals surface area contributed by atoms with Gasteiger partial charge in [-0.05, 0) is 24.2 Å². The van der Waals surface area contributed by atoms with Crippen LogP contribution in [0.25, 0.3) is 0 Å². The summed E-state index contributed by atoms with van der Waals surface area (Å²) >= 11 is 0. The van der Waals surface area contributed by atoms with Gasteiger partial charge in [0.15, 0.2) is 0 Å². The molecule has 0 aliphatic heterocycles. The van der Waals surface area contributed by atoms with E-state index in [9.17, 15) is 8.42 Å². The zero-order valence-corrected chi connectivity index (χ0v) is 13.2. The summed E-state index contributed by atoms with van der Waals surface area (Å²) in [5, 5.41) is 0. The highest BCUT2D eigenvalue weighted by Crippen LogP contribution is 2.28.